The van der Waals surface area contributed by atoms with E-state index in [0.29, 0.717) is 24.5 Å². The smallest absolute Gasteiger partial charge is 0.247 e. The lowest BCUT2D eigenvalue weighted by Gasteiger charge is -2.31. The summed E-state index contributed by atoms with van der Waals surface area (Å²) in [6.45, 7) is 3.52. The van der Waals surface area contributed by atoms with Gasteiger partial charge in [0.25, 0.3) is 0 Å². The minimum atomic E-state index is -0.849. The predicted molar refractivity (Wildman–Crippen MR) is 132 cm³/mol. The highest BCUT2D eigenvalue weighted by Crippen LogP contribution is 2.24. The molecular weight excluding hydrogens is 448 g/mol. The number of ether oxygens (including phenoxy) is 2. The summed E-state index contributed by atoms with van der Waals surface area (Å²) in [6, 6.07) is 11.9. The van der Waals surface area contributed by atoms with Gasteiger partial charge in [-0.2, -0.15) is 0 Å². The van der Waals surface area contributed by atoms with Gasteiger partial charge in [0, 0.05) is 45.8 Å². The first-order valence-electron chi connectivity index (χ1n) is 11.9. The number of pyridine rings is 1. The van der Waals surface area contributed by atoms with E-state index in [4.69, 9.17) is 9.47 Å². The second-order valence-electron chi connectivity index (χ2n) is 8.54. The number of aromatic nitrogens is 1. The summed E-state index contributed by atoms with van der Waals surface area (Å²) in [7, 11) is 1.54. The van der Waals surface area contributed by atoms with E-state index in [9.17, 15) is 14.4 Å². The normalized spacial score (nSPS) is 15.9. The van der Waals surface area contributed by atoms with Crippen LogP contribution in [0.1, 0.15) is 42.9 Å². The molecule has 0 aliphatic carbocycles. The molecule has 1 fully saturated rings. The summed E-state index contributed by atoms with van der Waals surface area (Å²) < 4.78 is 10.8. The molecule has 1 aliphatic heterocycles. The molecule has 9 nitrogen and oxygen atoms in total. The molecule has 3 rings (SSSR count). The lowest BCUT2D eigenvalue weighted by atomic mass is 10.0. The Morgan fingerprint density at radius 1 is 1.17 bits per heavy atom. The van der Waals surface area contributed by atoms with Gasteiger partial charge < -0.3 is 25.0 Å². The Balaban J connectivity index is 1.73. The highest BCUT2D eigenvalue weighted by atomic mass is 16.5. The van der Waals surface area contributed by atoms with E-state index in [0.717, 1.165) is 18.4 Å². The molecule has 0 bridgehead atoms. The average molecular weight is 483 g/mol. The maximum Gasteiger partial charge on any atom is 0.247 e. The Bertz CT molecular complexity index is 961. The van der Waals surface area contributed by atoms with Crippen LogP contribution in [0.25, 0.3) is 0 Å². The lowest BCUT2D eigenvalue weighted by Crippen LogP contribution is -2.46. The fourth-order valence-electron chi connectivity index (χ4n) is 3.93. The Kier molecular flexibility index (Phi) is 10.2. The number of nitrogens with one attached hydrogen (secondary N) is 2. The number of hydrogen-bond donors (Lipinski definition) is 2. The number of benzene rings is 1. The second-order valence-corrected chi connectivity index (χ2v) is 8.54. The average Bonchev–Trinajstić information content (AvgIpc) is 3.39. The SMILES string of the molecule is COCCN(C(=O)CCC(=O)Nc1ccccn1)[C@@H](C(=O)NC[C@H]1CCCO1)c1ccc(C)cc1. The fourth-order valence-corrected chi connectivity index (χ4v) is 3.93. The van der Waals surface area contributed by atoms with Crippen LogP contribution in [0.4, 0.5) is 5.82 Å². The van der Waals surface area contributed by atoms with Crippen molar-refractivity contribution in [3.63, 3.8) is 0 Å². The summed E-state index contributed by atoms with van der Waals surface area (Å²) in [4.78, 5) is 44.6. The minimum absolute atomic E-state index is 0.0176. The van der Waals surface area contributed by atoms with E-state index in [-0.39, 0.29) is 49.8 Å². The largest absolute Gasteiger partial charge is 0.383 e. The maximum atomic E-state index is 13.4. The van der Waals surface area contributed by atoms with Gasteiger partial charge in [0.1, 0.15) is 11.9 Å². The zero-order chi connectivity index (χ0) is 25.0. The molecule has 35 heavy (non-hydrogen) atoms. The molecule has 1 saturated heterocycles. The summed E-state index contributed by atoms with van der Waals surface area (Å²) in [6.07, 6.45) is 3.35. The number of carbonyl (C=O) groups excluding carboxylic acids is 3. The van der Waals surface area contributed by atoms with E-state index in [2.05, 4.69) is 15.6 Å². The van der Waals surface area contributed by atoms with Crippen LogP contribution in [0.15, 0.2) is 48.7 Å². The third-order valence-electron chi connectivity index (χ3n) is 5.84. The Hall–Kier alpha value is -3.30. The van der Waals surface area contributed by atoms with Crippen LogP contribution in [0.3, 0.4) is 0 Å². The molecule has 2 aromatic rings. The summed E-state index contributed by atoms with van der Waals surface area (Å²) >= 11 is 0. The number of hydrogen-bond acceptors (Lipinski definition) is 6. The standard InChI is InChI=1S/C26H34N4O5/c1-19-8-10-20(11-9-19)25(26(33)28-18-21-6-5-16-35-21)30(15-17-34-2)24(32)13-12-23(31)29-22-7-3-4-14-27-22/h3-4,7-11,14,21,25H,5-6,12-13,15-18H2,1-2H3,(H,28,33)(H,27,29,31)/t21-,25-/m1/s1. The van der Waals surface area contributed by atoms with E-state index < -0.39 is 6.04 Å². The quantitative estimate of drug-likeness (QED) is 0.481. The Morgan fingerprint density at radius 3 is 2.63 bits per heavy atom. The third-order valence-corrected chi connectivity index (χ3v) is 5.84. The molecule has 188 valence electrons. The molecule has 0 unspecified atom stereocenters. The third kappa shape index (κ3) is 8.15. The predicted octanol–water partition coefficient (Wildman–Crippen LogP) is 2.62. The number of nitrogens with zero attached hydrogens (tertiary/aromatic N) is 2. The fraction of sp³-hybridized carbons (Fsp3) is 0.462. The number of aryl methyl sites for hydroxylation is 1. The van der Waals surface area contributed by atoms with Crippen LogP contribution in [0.5, 0.6) is 0 Å². The highest BCUT2D eigenvalue weighted by Gasteiger charge is 2.32. The van der Waals surface area contributed by atoms with Crippen LogP contribution >= 0.6 is 0 Å². The van der Waals surface area contributed by atoms with Gasteiger partial charge in [-0.05, 0) is 37.5 Å². The molecule has 0 saturated carbocycles. The molecule has 2 heterocycles. The highest BCUT2D eigenvalue weighted by molar-refractivity contribution is 5.94. The van der Waals surface area contributed by atoms with Crippen molar-refractivity contribution in [1.82, 2.24) is 15.2 Å². The van der Waals surface area contributed by atoms with Gasteiger partial charge in [0.2, 0.25) is 17.7 Å². The Morgan fingerprint density at radius 2 is 1.97 bits per heavy atom. The van der Waals surface area contributed by atoms with Gasteiger partial charge in [0.05, 0.1) is 12.7 Å². The van der Waals surface area contributed by atoms with Crippen molar-refractivity contribution in [2.45, 2.75) is 44.8 Å². The van der Waals surface area contributed by atoms with E-state index in [1.807, 2.05) is 31.2 Å². The molecule has 1 aromatic carbocycles. The van der Waals surface area contributed by atoms with Gasteiger partial charge in [-0.15, -0.1) is 0 Å². The van der Waals surface area contributed by atoms with Crippen LogP contribution in [0.2, 0.25) is 0 Å². The van der Waals surface area contributed by atoms with Crippen molar-refractivity contribution in [1.29, 1.82) is 0 Å². The second kappa shape index (κ2) is 13.6. The van der Waals surface area contributed by atoms with E-state index in [1.165, 1.54) is 4.90 Å². The molecule has 2 N–H and O–H groups in total. The zero-order valence-electron chi connectivity index (χ0n) is 20.4. The molecular formula is C26H34N4O5. The molecule has 9 heteroatoms. The van der Waals surface area contributed by atoms with Gasteiger partial charge in [0.15, 0.2) is 0 Å². The van der Waals surface area contributed by atoms with Gasteiger partial charge in [-0.3, -0.25) is 14.4 Å². The first-order chi connectivity index (χ1) is 17.0. The summed E-state index contributed by atoms with van der Waals surface area (Å²) in [5.74, 6) is -0.492. The summed E-state index contributed by atoms with van der Waals surface area (Å²) in [5, 5.41) is 5.64. The molecule has 1 aliphatic rings. The first kappa shape index (κ1) is 26.3. The number of methoxy groups -OCH3 is 1. The van der Waals surface area contributed by atoms with E-state index in [1.54, 1.807) is 31.5 Å². The van der Waals surface area contributed by atoms with Crippen molar-refractivity contribution in [2.24, 2.45) is 0 Å². The molecule has 3 amide bonds. The van der Waals surface area contributed by atoms with Crippen molar-refractivity contribution in [3.05, 3.63) is 59.8 Å². The summed E-state index contributed by atoms with van der Waals surface area (Å²) in [5.41, 5.74) is 1.75. The molecule has 0 spiro atoms. The number of rotatable bonds is 12. The molecule has 1 aromatic heterocycles. The minimum Gasteiger partial charge on any atom is -0.383 e. The van der Waals surface area contributed by atoms with Crippen LogP contribution in [-0.4, -0.2) is 67.1 Å². The zero-order valence-corrected chi connectivity index (χ0v) is 20.4. The topological polar surface area (TPSA) is 110 Å². The number of anilines is 1. The first-order valence-corrected chi connectivity index (χ1v) is 11.9. The number of carbonyl (C=O) groups is 3. The molecule has 0 radical (unpaired) electrons. The van der Waals surface area contributed by atoms with Crippen LogP contribution in [-0.2, 0) is 23.9 Å². The van der Waals surface area contributed by atoms with Crippen molar-refractivity contribution in [2.75, 3.05) is 38.7 Å². The number of amides is 3. The van der Waals surface area contributed by atoms with E-state index >= 15 is 0 Å². The molecule has 2 atom stereocenters. The van der Waals surface area contributed by atoms with Crippen LogP contribution in [0, 0.1) is 6.92 Å². The van der Waals surface area contributed by atoms with Crippen molar-refractivity contribution < 1.29 is 23.9 Å². The lowest BCUT2D eigenvalue weighted by molar-refractivity contribution is -0.142. The van der Waals surface area contributed by atoms with Crippen LogP contribution < -0.4 is 10.6 Å². The monoisotopic (exact) mass is 482 g/mol. The van der Waals surface area contributed by atoms with Crippen molar-refractivity contribution in [3.8, 4) is 0 Å². The van der Waals surface area contributed by atoms with Gasteiger partial charge in [-0.1, -0.05) is 35.9 Å². The van der Waals surface area contributed by atoms with Gasteiger partial charge >= 0.3 is 0 Å². The Labute approximate surface area is 206 Å². The maximum absolute atomic E-state index is 13.4. The van der Waals surface area contributed by atoms with Gasteiger partial charge in [-0.25, -0.2) is 4.98 Å². The van der Waals surface area contributed by atoms with Crippen molar-refractivity contribution >= 4 is 23.5 Å².